The number of methoxy groups -OCH3 is 1. The first kappa shape index (κ1) is 45.3. The van der Waals surface area contributed by atoms with Gasteiger partial charge in [-0.25, -0.2) is 0 Å². The van der Waals surface area contributed by atoms with Crippen molar-refractivity contribution in [3.63, 3.8) is 0 Å². The number of hydroxylamine groups is 2. The first-order chi connectivity index (χ1) is 27.9. The molecule has 2 unspecified atom stereocenters. The van der Waals surface area contributed by atoms with Crippen LogP contribution in [0.15, 0.2) is 59.3 Å². The molecule has 6 rings (SSSR count). The van der Waals surface area contributed by atoms with Gasteiger partial charge in [0.1, 0.15) is 29.8 Å². The van der Waals surface area contributed by atoms with Crippen molar-refractivity contribution in [1.82, 2.24) is 5.06 Å². The van der Waals surface area contributed by atoms with E-state index in [9.17, 15) is 25.1 Å². The highest BCUT2D eigenvalue weighted by molar-refractivity contribution is 5.78. The monoisotopic (exact) mass is 824 g/mol. The van der Waals surface area contributed by atoms with Crippen LogP contribution in [0.1, 0.15) is 87.5 Å². The van der Waals surface area contributed by atoms with Gasteiger partial charge in [0, 0.05) is 52.2 Å². The van der Waals surface area contributed by atoms with E-state index in [1.165, 1.54) is 26.1 Å². The lowest BCUT2D eigenvalue weighted by atomic mass is 9.71. The van der Waals surface area contributed by atoms with Gasteiger partial charge in [0.25, 0.3) is 0 Å². The van der Waals surface area contributed by atoms with Gasteiger partial charge in [0.05, 0.1) is 43.2 Å². The van der Waals surface area contributed by atoms with Crippen LogP contribution in [-0.4, -0.2) is 120 Å². The number of nitrogens with zero attached hydrogens (tertiary/aromatic N) is 2. The quantitative estimate of drug-likeness (QED) is 0.196. The predicted molar refractivity (Wildman–Crippen MR) is 215 cm³/mol. The van der Waals surface area contributed by atoms with Crippen molar-refractivity contribution < 1.29 is 57.8 Å². The molecule has 5 heterocycles. The Labute approximate surface area is 348 Å². The van der Waals surface area contributed by atoms with E-state index < -0.39 is 83.8 Å². The maximum atomic E-state index is 14.3. The lowest BCUT2D eigenvalue weighted by molar-refractivity contribution is -0.302. The Morgan fingerprint density at radius 1 is 1.12 bits per heavy atom. The van der Waals surface area contributed by atoms with Crippen molar-refractivity contribution in [3.05, 3.63) is 59.3 Å². The molecule has 14 nitrogen and oxygen atoms in total. The second kappa shape index (κ2) is 18.0. The van der Waals surface area contributed by atoms with Crippen LogP contribution in [0.2, 0.25) is 0 Å². The number of likely N-dealkylation sites (N-methyl/N-ethyl adjacent to an activating group) is 1. The van der Waals surface area contributed by atoms with Gasteiger partial charge >= 0.3 is 11.9 Å². The van der Waals surface area contributed by atoms with Crippen LogP contribution in [0.3, 0.4) is 0 Å². The third-order valence-electron chi connectivity index (χ3n) is 13.4. The molecular formula is C45H64N2O12. The molecule has 0 aromatic heterocycles. The third-order valence-corrected chi connectivity index (χ3v) is 13.4. The van der Waals surface area contributed by atoms with Crippen molar-refractivity contribution in [3.8, 4) is 6.07 Å². The summed E-state index contributed by atoms with van der Waals surface area (Å²) >= 11 is 0. The van der Waals surface area contributed by atoms with E-state index in [2.05, 4.69) is 39.0 Å². The number of carbonyl (C=O) groups is 2. The van der Waals surface area contributed by atoms with E-state index in [0.717, 1.165) is 12.0 Å². The van der Waals surface area contributed by atoms with E-state index in [-0.39, 0.29) is 43.3 Å². The standard InChI is InChI=1S/C45H64N2O12/c1-11-25(2)40-28(5)17-18-43(58-40)22-34-20-33(57-43)16-15-27(4)39(56-37-21-36(52-10)44(24-46,30(7)54-37)47(9)59-31(8)48)26(3)13-12-14-32-23-53-41-38(49)29(6)19-35(42(50)55-34)45(32,41)51/h12-15,17-19,25-26,28,30,33-41,49,51H,11,16,20-23H2,1-10H3/b13-12+,27-15+,32-14+/t25?,26-,28-,30-,33+,34-,35-,36-,37-,38+,39-,40+,41?,43+,44+,45+/m0/s1. The van der Waals surface area contributed by atoms with Crippen LogP contribution in [0.4, 0.5) is 0 Å². The van der Waals surface area contributed by atoms with Gasteiger partial charge < -0.3 is 48.2 Å². The number of allylic oxidation sites excluding steroid dienone is 2. The van der Waals surface area contributed by atoms with Crippen LogP contribution in [0, 0.1) is 35.0 Å². The maximum absolute atomic E-state index is 14.3. The Kier molecular flexibility index (Phi) is 13.8. The second-order valence-corrected chi connectivity index (χ2v) is 17.5. The summed E-state index contributed by atoms with van der Waals surface area (Å²) in [6.07, 6.45) is 9.21. The topological polar surface area (TPSA) is 175 Å². The number of hydrogen-bond acceptors (Lipinski definition) is 14. The first-order valence-corrected chi connectivity index (χ1v) is 21.1. The summed E-state index contributed by atoms with van der Waals surface area (Å²) in [6.45, 7) is 15.1. The van der Waals surface area contributed by atoms with Crippen molar-refractivity contribution >= 4 is 11.9 Å². The zero-order valence-corrected chi connectivity index (χ0v) is 36.2. The Hall–Kier alpha value is -3.23. The van der Waals surface area contributed by atoms with Crippen LogP contribution in [0.5, 0.6) is 0 Å². The molecule has 14 heteroatoms. The SMILES string of the molecule is CCC(C)[C@H]1O[C@]2(C=C[C@@H]1C)C[C@@H]1C[C@@H](C/C=C(\C)[C@@H](O[C@H]3C[C@H](OC)[C@](C#N)(N(C)OC(C)=O)[C@H](C)O3)[C@@H](C)/C=C/C=C3\COC4[C@H](O)C(C)=C[C@@H](C(=O)O1)[C@]34O)O2. The molecule has 3 fully saturated rings. The smallest absolute Gasteiger partial charge is 0.322 e. The fourth-order valence-corrected chi connectivity index (χ4v) is 9.87. The molecule has 326 valence electrons. The summed E-state index contributed by atoms with van der Waals surface area (Å²) in [5.74, 6) is -3.31. The number of rotatable bonds is 7. The number of nitriles is 1. The molecule has 16 atom stereocenters. The summed E-state index contributed by atoms with van der Waals surface area (Å²) in [6, 6.07) is 2.29. The number of aliphatic hydroxyl groups is 2. The summed E-state index contributed by atoms with van der Waals surface area (Å²) in [7, 11) is 3.01. The number of esters is 1. The van der Waals surface area contributed by atoms with E-state index in [1.807, 2.05) is 26.0 Å². The average molecular weight is 825 g/mol. The predicted octanol–water partition coefficient (Wildman–Crippen LogP) is 5.15. The number of ether oxygens (including phenoxy) is 7. The number of carbonyl (C=O) groups excluding carboxylic acids is 2. The van der Waals surface area contributed by atoms with Crippen LogP contribution < -0.4 is 0 Å². The minimum Gasteiger partial charge on any atom is -0.462 e. The van der Waals surface area contributed by atoms with Gasteiger partial charge in [-0.15, -0.1) is 5.06 Å². The molecule has 5 aliphatic heterocycles. The van der Waals surface area contributed by atoms with Crippen molar-refractivity contribution in [1.29, 1.82) is 5.26 Å². The van der Waals surface area contributed by atoms with Crippen molar-refractivity contribution in [2.45, 2.75) is 160 Å². The fraction of sp³-hybridized carbons (Fsp3) is 0.711. The van der Waals surface area contributed by atoms with Gasteiger partial charge in [-0.05, 0) is 55.9 Å². The number of hydrogen-bond donors (Lipinski definition) is 2. The van der Waals surface area contributed by atoms with E-state index in [0.29, 0.717) is 24.0 Å². The minimum absolute atomic E-state index is 0.00558. The molecule has 2 bridgehead atoms. The van der Waals surface area contributed by atoms with Gasteiger partial charge in [-0.1, -0.05) is 70.6 Å². The van der Waals surface area contributed by atoms with Crippen LogP contribution in [0.25, 0.3) is 0 Å². The Morgan fingerprint density at radius 2 is 1.86 bits per heavy atom. The number of aliphatic hydroxyl groups excluding tert-OH is 1. The largest absolute Gasteiger partial charge is 0.462 e. The number of fused-ring (bicyclic) bond motifs is 2. The molecule has 3 saturated heterocycles. The normalized spacial score (nSPS) is 45.5. The molecule has 59 heavy (non-hydrogen) atoms. The Morgan fingerprint density at radius 3 is 2.54 bits per heavy atom. The molecule has 0 saturated carbocycles. The molecule has 0 aromatic rings. The highest BCUT2D eigenvalue weighted by Crippen LogP contribution is 2.47. The molecular weight excluding hydrogens is 760 g/mol. The van der Waals surface area contributed by atoms with Gasteiger partial charge in [-0.2, -0.15) is 5.26 Å². The molecule has 1 aliphatic carbocycles. The molecule has 1 spiro atoms. The lowest BCUT2D eigenvalue weighted by Gasteiger charge is -2.48. The van der Waals surface area contributed by atoms with Gasteiger partial charge in [-0.3, -0.25) is 9.59 Å². The maximum Gasteiger partial charge on any atom is 0.322 e. The summed E-state index contributed by atoms with van der Waals surface area (Å²) < 4.78 is 45.2. The van der Waals surface area contributed by atoms with E-state index >= 15 is 0 Å². The lowest BCUT2D eigenvalue weighted by Crippen LogP contribution is -2.66. The Bertz CT molecular complexity index is 1770. The molecule has 0 amide bonds. The Balaban J connectivity index is 1.37. The highest BCUT2D eigenvalue weighted by Gasteiger charge is 2.60. The van der Waals surface area contributed by atoms with Crippen LogP contribution in [-0.2, 0) is 47.6 Å². The van der Waals surface area contributed by atoms with Gasteiger partial charge in [0.15, 0.2) is 17.6 Å². The molecule has 2 N–H and O–H groups in total. The summed E-state index contributed by atoms with van der Waals surface area (Å²) in [5.41, 5.74) is -1.45. The summed E-state index contributed by atoms with van der Waals surface area (Å²) in [5, 5.41) is 35.3. The van der Waals surface area contributed by atoms with Crippen molar-refractivity contribution in [2.75, 3.05) is 20.8 Å². The van der Waals surface area contributed by atoms with E-state index in [4.69, 9.17) is 38.0 Å². The third kappa shape index (κ3) is 8.65. The van der Waals surface area contributed by atoms with Gasteiger partial charge in [0.2, 0.25) is 0 Å². The highest BCUT2D eigenvalue weighted by atomic mass is 16.7. The summed E-state index contributed by atoms with van der Waals surface area (Å²) in [4.78, 5) is 31.6. The fourth-order valence-electron chi connectivity index (χ4n) is 9.87. The van der Waals surface area contributed by atoms with Crippen molar-refractivity contribution in [2.24, 2.45) is 23.7 Å². The van der Waals surface area contributed by atoms with E-state index in [1.54, 1.807) is 32.1 Å². The molecule has 6 aliphatic rings. The zero-order valence-electron chi connectivity index (χ0n) is 36.2. The zero-order chi connectivity index (χ0) is 43.0. The average Bonchev–Trinajstić information content (AvgIpc) is 3.53. The van der Waals surface area contributed by atoms with Crippen LogP contribution >= 0.6 is 0 Å². The molecule has 0 aromatic carbocycles. The first-order valence-electron chi connectivity index (χ1n) is 21.1. The minimum atomic E-state index is -1.86. The molecule has 0 radical (unpaired) electrons. The second-order valence-electron chi connectivity index (χ2n) is 17.5.